The Kier molecular flexibility index (Phi) is 4.05. The van der Waals surface area contributed by atoms with Gasteiger partial charge in [0.2, 0.25) is 0 Å². The summed E-state index contributed by atoms with van der Waals surface area (Å²) in [4.78, 5) is 10.1. The first-order chi connectivity index (χ1) is 9.47. The third-order valence-corrected chi connectivity index (χ3v) is 2.87. The zero-order valence-electron chi connectivity index (χ0n) is 10.2. The van der Waals surface area contributed by atoms with Crippen LogP contribution in [0.15, 0.2) is 36.4 Å². The number of ether oxygens (including phenoxy) is 1. The fraction of sp³-hybridized carbons (Fsp3) is 0.0769. The number of nitro benzene ring substituents is 1. The summed E-state index contributed by atoms with van der Waals surface area (Å²) in [6.45, 7) is 0.143. The summed E-state index contributed by atoms with van der Waals surface area (Å²) in [5, 5.41) is 10.6. The summed E-state index contributed by atoms with van der Waals surface area (Å²) in [5.74, 6) is -0.132. The molecule has 0 aliphatic carbocycles. The molecule has 7 heteroatoms. The van der Waals surface area contributed by atoms with Crippen LogP contribution >= 0.6 is 11.6 Å². The van der Waals surface area contributed by atoms with Gasteiger partial charge in [-0.2, -0.15) is 0 Å². The van der Waals surface area contributed by atoms with Crippen molar-refractivity contribution in [2.45, 2.75) is 6.61 Å². The van der Waals surface area contributed by atoms with Crippen molar-refractivity contribution < 1.29 is 14.1 Å². The number of nitrogens with two attached hydrogens (primary N) is 1. The molecule has 2 aromatic carbocycles. The number of rotatable bonds is 4. The van der Waals surface area contributed by atoms with Gasteiger partial charge in [-0.1, -0.05) is 11.6 Å². The number of nitro groups is 1. The van der Waals surface area contributed by atoms with Gasteiger partial charge >= 0.3 is 0 Å². The van der Waals surface area contributed by atoms with Crippen LogP contribution in [0.4, 0.5) is 15.8 Å². The Morgan fingerprint density at radius 3 is 2.65 bits per heavy atom. The van der Waals surface area contributed by atoms with Crippen molar-refractivity contribution in [2.24, 2.45) is 0 Å². The minimum atomic E-state index is -0.556. The molecule has 0 aliphatic heterocycles. The number of halogens is 2. The van der Waals surface area contributed by atoms with Crippen LogP contribution in [0.1, 0.15) is 5.56 Å². The average molecular weight is 297 g/mol. The van der Waals surface area contributed by atoms with Crippen molar-refractivity contribution >= 4 is 23.0 Å². The highest BCUT2D eigenvalue weighted by Gasteiger charge is 2.11. The molecule has 0 bridgehead atoms. The fourth-order valence-corrected chi connectivity index (χ4v) is 1.76. The minimum Gasteiger partial charge on any atom is -0.489 e. The lowest BCUT2D eigenvalue weighted by atomic mass is 10.2. The minimum absolute atomic E-state index is 0.0364. The maximum Gasteiger partial charge on any atom is 0.292 e. The highest BCUT2D eigenvalue weighted by atomic mass is 35.5. The normalized spacial score (nSPS) is 10.3. The molecule has 0 radical (unpaired) electrons. The number of hydrogen-bond donors (Lipinski definition) is 1. The van der Waals surface area contributed by atoms with Crippen molar-refractivity contribution in [3.05, 3.63) is 62.9 Å². The van der Waals surface area contributed by atoms with E-state index in [9.17, 15) is 14.5 Å². The zero-order valence-corrected chi connectivity index (χ0v) is 10.9. The Hall–Kier alpha value is -2.34. The molecule has 0 saturated heterocycles. The van der Waals surface area contributed by atoms with E-state index >= 15 is 0 Å². The summed E-state index contributed by atoms with van der Waals surface area (Å²) in [7, 11) is 0. The maximum absolute atomic E-state index is 13.0. The van der Waals surface area contributed by atoms with Gasteiger partial charge in [-0.25, -0.2) is 4.39 Å². The van der Waals surface area contributed by atoms with Crippen LogP contribution in [0.5, 0.6) is 5.75 Å². The van der Waals surface area contributed by atoms with Gasteiger partial charge < -0.3 is 10.5 Å². The van der Waals surface area contributed by atoms with Gasteiger partial charge in [0.15, 0.2) is 0 Å². The number of anilines is 1. The van der Waals surface area contributed by atoms with E-state index < -0.39 is 10.7 Å². The topological polar surface area (TPSA) is 78.4 Å². The van der Waals surface area contributed by atoms with Gasteiger partial charge in [-0.15, -0.1) is 0 Å². The molecule has 0 aliphatic rings. The molecular weight excluding hydrogens is 287 g/mol. The van der Waals surface area contributed by atoms with Crippen LogP contribution in [-0.2, 0) is 6.61 Å². The standard InChI is InChI=1S/C13H10ClFN2O3/c14-10-6-9(2-3-11(10)15)20-7-8-1-4-13(17(18)19)12(16)5-8/h1-6H,7,16H2. The molecule has 0 spiro atoms. The Bertz CT molecular complexity index is 664. The van der Waals surface area contributed by atoms with Crippen LogP contribution in [0, 0.1) is 15.9 Å². The molecule has 2 N–H and O–H groups in total. The fourth-order valence-electron chi connectivity index (χ4n) is 1.59. The van der Waals surface area contributed by atoms with Crippen LogP contribution in [0.25, 0.3) is 0 Å². The first-order valence-electron chi connectivity index (χ1n) is 5.58. The molecule has 0 fully saturated rings. The van der Waals surface area contributed by atoms with Crippen molar-refractivity contribution in [3.63, 3.8) is 0 Å². The molecule has 0 saturated carbocycles. The Labute approximate surface area is 118 Å². The van der Waals surface area contributed by atoms with E-state index in [1.54, 1.807) is 6.07 Å². The SMILES string of the molecule is Nc1cc(COc2ccc(F)c(Cl)c2)ccc1[N+](=O)[O-]. The molecule has 104 valence electrons. The van der Waals surface area contributed by atoms with E-state index in [1.165, 1.54) is 30.3 Å². The smallest absolute Gasteiger partial charge is 0.292 e. The van der Waals surface area contributed by atoms with E-state index in [4.69, 9.17) is 22.1 Å². The molecule has 5 nitrogen and oxygen atoms in total. The highest BCUT2D eigenvalue weighted by Crippen LogP contribution is 2.24. The van der Waals surface area contributed by atoms with Crippen molar-refractivity contribution in [3.8, 4) is 5.75 Å². The van der Waals surface area contributed by atoms with Crippen LogP contribution in [0.2, 0.25) is 5.02 Å². The van der Waals surface area contributed by atoms with Crippen LogP contribution in [0.3, 0.4) is 0 Å². The Morgan fingerprint density at radius 1 is 1.30 bits per heavy atom. The molecule has 2 rings (SSSR count). The largest absolute Gasteiger partial charge is 0.489 e. The molecule has 0 amide bonds. The van der Waals surface area contributed by atoms with E-state index in [-0.39, 0.29) is 23.0 Å². The third kappa shape index (κ3) is 3.16. The monoisotopic (exact) mass is 296 g/mol. The Morgan fingerprint density at radius 2 is 2.05 bits per heavy atom. The van der Waals surface area contributed by atoms with Gasteiger partial charge in [0.25, 0.3) is 5.69 Å². The summed E-state index contributed by atoms with van der Waals surface area (Å²) in [6.07, 6.45) is 0. The first kappa shape index (κ1) is 14.1. The maximum atomic E-state index is 13.0. The summed E-state index contributed by atoms with van der Waals surface area (Å²) in [6, 6.07) is 8.30. The van der Waals surface area contributed by atoms with Gasteiger partial charge in [-0.05, 0) is 29.8 Å². The van der Waals surface area contributed by atoms with Gasteiger partial charge in [0, 0.05) is 12.1 Å². The molecule has 0 unspecified atom stereocenters. The second-order valence-electron chi connectivity index (χ2n) is 4.01. The lowest BCUT2D eigenvalue weighted by Gasteiger charge is -2.07. The third-order valence-electron chi connectivity index (χ3n) is 2.59. The van der Waals surface area contributed by atoms with Gasteiger partial charge in [-0.3, -0.25) is 10.1 Å². The predicted molar refractivity (Wildman–Crippen MR) is 73.3 cm³/mol. The lowest BCUT2D eigenvalue weighted by molar-refractivity contribution is -0.383. The van der Waals surface area contributed by atoms with Crippen LogP contribution < -0.4 is 10.5 Å². The highest BCUT2D eigenvalue weighted by molar-refractivity contribution is 6.30. The van der Waals surface area contributed by atoms with E-state index in [2.05, 4.69) is 0 Å². The Balaban J connectivity index is 2.09. The molecule has 2 aromatic rings. The van der Waals surface area contributed by atoms with Gasteiger partial charge in [0.05, 0.1) is 9.95 Å². The number of benzene rings is 2. The van der Waals surface area contributed by atoms with E-state index in [0.29, 0.717) is 11.3 Å². The summed E-state index contributed by atoms with van der Waals surface area (Å²) >= 11 is 5.63. The summed E-state index contributed by atoms with van der Waals surface area (Å²) in [5.41, 5.74) is 6.14. The first-order valence-corrected chi connectivity index (χ1v) is 5.96. The zero-order chi connectivity index (χ0) is 14.7. The van der Waals surface area contributed by atoms with E-state index in [0.717, 1.165) is 0 Å². The van der Waals surface area contributed by atoms with Gasteiger partial charge in [0.1, 0.15) is 23.9 Å². The van der Waals surface area contributed by atoms with Crippen molar-refractivity contribution in [1.29, 1.82) is 0 Å². The quantitative estimate of drug-likeness (QED) is 0.531. The molecule has 20 heavy (non-hydrogen) atoms. The number of hydrogen-bond acceptors (Lipinski definition) is 4. The molecule has 0 aromatic heterocycles. The molecule has 0 atom stereocenters. The van der Waals surface area contributed by atoms with Crippen molar-refractivity contribution in [1.82, 2.24) is 0 Å². The second-order valence-corrected chi connectivity index (χ2v) is 4.42. The van der Waals surface area contributed by atoms with Crippen molar-refractivity contribution in [2.75, 3.05) is 5.73 Å². The van der Waals surface area contributed by atoms with E-state index in [1.807, 2.05) is 0 Å². The number of nitrogen functional groups attached to an aromatic ring is 1. The average Bonchev–Trinajstić information content (AvgIpc) is 2.40. The van der Waals surface area contributed by atoms with Crippen LogP contribution in [-0.4, -0.2) is 4.92 Å². The summed E-state index contributed by atoms with van der Waals surface area (Å²) < 4.78 is 18.4. The molecular formula is C13H10ClFN2O3. The number of nitrogens with zero attached hydrogens (tertiary/aromatic N) is 1. The molecule has 0 heterocycles. The predicted octanol–water partition coefficient (Wildman–Crippen LogP) is 3.55. The second kappa shape index (κ2) is 5.75. The lowest BCUT2D eigenvalue weighted by Crippen LogP contribution is -2.00.